The first-order valence-corrected chi connectivity index (χ1v) is 10.1. The van der Waals surface area contributed by atoms with Crippen LogP contribution >= 0.6 is 0 Å². The molecule has 8 atom stereocenters. The number of carbonyl (C=O) groups is 2. The lowest BCUT2D eigenvalue weighted by molar-refractivity contribution is -0.165. The summed E-state index contributed by atoms with van der Waals surface area (Å²) in [4.78, 5) is 24.5. The largest absolute Gasteiger partial charge is 0.388 e. The molecule has 4 aliphatic carbocycles. The average Bonchev–Trinajstić information content (AvgIpc) is 3.31. The molecule has 1 aliphatic heterocycles. The van der Waals surface area contributed by atoms with E-state index in [1.165, 1.54) is 0 Å². The summed E-state index contributed by atoms with van der Waals surface area (Å²) in [5, 5.41) is 21.0. The topological polar surface area (TPSA) is 87.1 Å². The summed E-state index contributed by atoms with van der Waals surface area (Å²) < 4.78 is 6.43. The fourth-order valence-electron chi connectivity index (χ4n) is 7.70. The van der Waals surface area contributed by atoms with Crippen molar-refractivity contribution in [1.29, 1.82) is 0 Å². The minimum absolute atomic E-state index is 0.0291. The van der Waals surface area contributed by atoms with E-state index in [-0.39, 0.29) is 40.7 Å². The van der Waals surface area contributed by atoms with Crippen LogP contribution in [0.4, 0.5) is 0 Å². The summed E-state index contributed by atoms with van der Waals surface area (Å²) in [5.41, 5.74) is -1.55. The molecule has 5 nitrogen and oxygen atoms in total. The highest BCUT2D eigenvalue weighted by Crippen LogP contribution is 2.76. The number of allylic oxidation sites excluding steroid dienone is 2. The van der Waals surface area contributed by atoms with Crippen LogP contribution in [-0.4, -0.2) is 45.7 Å². The molecule has 0 unspecified atom stereocenters. The fourth-order valence-corrected chi connectivity index (χ4v) is 7.70. The molecule has 5 heteroatoms. The van der Waals surface area contributed by atoms with Gasteiger partial charge in [-0.1, -0.05) is 25.5 Å². The molecule has 1 saturated heterocycles. The van der Waals surface area contributed by atoms with Gasteiger partial charge in [0.1, 0.15) is 17.8 Å². The van der Waals surface area contributed by atoms with E-state index in [9.17, 15) is 19.8 Å². The standard InChI is InChI=1S/C22H28O5/c1-12-8-16-15-5-4-13-9-14(24)6-7-19(13,2)22(15)18(27-22)10-20(16,3)21(12,26)17(25)11-23/h6-7,9,12,15-16,18,23,26H,4-5,8,10-11H2,1-3H3/t12-,15-,16+,18-,19+,20+,21+,22+/m0/s1. The Labute approximate surface area is 159 Å². The van der Waals surface area contributed by atoms with Gasteiger partial charge in [0.15, 0.2) is 11.6 Å². The van der Waals surface area contributed by atoms with Gasteiger partial charge in [0.05, 0.1) is 6.10 Å². The molecule has 5 rings (SSSR count). The molecular formula is C22H28O5. The van der Waals surface area contributed by atoms with Crippen molar-refractivity contribution >= 4 is 11.6 Å². The third-order valence-electron chi connectivity index (χ3n) is 9.08. The lowest BCUT2D eigenvalue weighted by Crippen LogP contribution is -2.62. The maximum Gasteiger partial charge on any atom is 0.190 e. The highest BCUT2D eigenvalue weighted by molar-refractivity contribution is 6.01. The number of aliphatic hydroxyl groups excluding tert-OH is 1. The molecule has 0 radical (unpaired) electrons. The Bertz CT molecular complexity index is 814. The first kappa shape index (κ1) is 17.8. The van der Waals surface area contributed by atoms with Crippen LogP contribution < -0.4 is 0 Å². The highest BCUT2D eigenvalue weighted by Gasteiger charge is 2.81. The zero-order chi connectivity index (χ0) is 19.4. The Morgan fingerprint density at radius 3 is 2.78 bits per heavy atom. The van der Waals surface area contributed by atoms with E-state index in [4.69, 9.17) is 4.74 Å². The smallest absolute Gasteiger partial charge is 0.190 e. The summed E-state index contributed by atoms with van der Waals surface area (Å²) in [6, 6.07) is 0. The maximum absolute atomic E-state index is 12.6. The SMILES string of the molecule is C[C@H]1C[C@@H]2[C@@H]3CCC4=CC(=O)C=C[C@@]4(C)[C@@]34O[C@H]4C[C@@]2(C)[C@]1(O)C(=O)CO. The second-order valence-electron chi connectivity index (χ2n) is 9.86. The Morgan fingerprint density at radius 2 is 2.07 bits per heavy atom. The second-order valence-corrected chi connectivity index (χ2v) is 9.86. The van der Waals surface area contributed by atoms with Crippen molar-refractivity contribution in [3.63, 3.8) is 0 Å². The zero-order valence-corrected chi connectivity index (χ0v) is 16.2. The monoisotopic (exact) mass is 372 g/mol. The predicted molar refractivity (Wildman–Crippen MR) is 97.7 cm³/mol. The third-order valence-corrected chi connectivity index (χ3v) is 9.08. The van der Waals surface area contributed by atoms with E-state index in [1.54, 1.807) is 12.2 Å². The summed E-state index contributed by atoms with van der Waals surface area (Å²) in [5.74, 6) is -0.193. The van der Waals surface area contributed by atoms with Crippen LogP contribution in [0.1, 0.15) is 46.5 Å². The predicted octanol–water partition coefficient (Wildman–Crippen LogP) is 1.96. The highest BCUT2D eigenvalue weighted by atomic mass is 16.6. The van der Waals surface area contributed by atoms with Gasteiger partial charge in [-0.3, -0.25) is 9.59 Å². The molecule has 0 aromatic carbocycles. The number of hydrogen-bond acceptors (Lipinski definition) is 5. The number of aliphatic hydroxyl groups is 2. The second kappa shape index (κ2) is 5.00. The molecule has 1 spiro atoms. The lowest BCUT2D eigenvalue weighted by atomic mass is 9.46. The molecular weight excluding hydrogens is 344 g/mol. The van der Waals surface area contributed by atoms with E-state index in [0.29, 0.717) is 6.42 Å². The number of carbonyl (C=O) groups excluding carboxylic acids is 2. The van der Waals surface area contributed by atoms with Crippen molar-refractivity contribution < 1.29 is 24.5 Å². The molecule has 0 amide bonds. The van der Waals surface area contributed by atoms with Gasteiger partial charge in [0.25, 0.3) is 0 Å². The number of hydrogen-bond donors (Lipinski definition) is 2. The van der Waals surface area contributed by atoms with Crippen LogP contribution in [0, 0.1) is 28.6 Å². The van der Waals surface area contributed by atoms with Crippen molar-refractivity contribution in [2.24, 2.45) is 28.6 Å². The molecule has 146 valence electrons. The lowest BCUT2D eigenvalue weighted by Gasteiger charge is -2.55. The van der Waals surface area contributed by atoms with Gasteiger partial charge >= 0.3 is 0 Å². The number of ether oxygens (including phenoxy) is 1. The van der Waals surface area contributed by atoms with Crippen LogP contribution in [0.3, 0.4) is 0 Å². The zero-order valence-electron chi connectivity index (χ0n) is 16.2. The molecule has 0 aromatic heterocycles. The Hall–Kier alpha value is -1.30. The minimum Gasteiger partial charge on any atom is -0.388 e. The van der Waals surface area contributed by atoms with Crippen LogP contribution in [0.15, 0.2) is 23.8 Å². The van der Waals surface area contributed by atoms with Crippen LogP contribution in [0.5, 0.6) is 0 Å². The first-order chi connectivity index (χ1) is 12.6. The van der Waals surface area contributed by atoms with Gasteiger partial charge in [-0.25, -0.2) is 0 Å². The van der Waals surface area contributed by atoms with Crippen molar-refractivity contribution in [2.75, 3.05) is 6.61 Å². The molecule has 1 heterocycles. The quantitative estimate of drug-likeness (QED) is 0.724. The third kappa shape index (κ3) is 1.73. The average molecular weight is 372 g/mol. The molecule has 2 N–H and O–H groups in total. The summed E-state index contributed by atoms with van der Waals surface area (Å²) in [6.07, 6.45) is 8.58. The van der Waals surface area contributed by atoms with Crippen molar-refractivity contribution in [3.05, 3.63) is 23.8 Å². The van der Waals surface area contributed by atoms with Gasteiger partial charge < -0.3 is 14.9 Å². The van der Waals surface area contributed by atoms with E-state index < -0.39 is 23.4 Å². The van der Waals surface area contributed by atoms with Crippen LogP contribution in [0.2, 0.25) is 0 Å². The Morgan fingerprint density at radius 1 is 1.33 bits per heavy atom. The summed E-state index contributed by atoms with van der Waals surface area (Å²) >= 11 is 0. The molecule has 0 bridgehead atoms. The minimum atomic E-state index is -1.50. The van der Waals surface area contributed by atoms with E-state index in [1.807, 2.05) is 19.9 Å². The van der Waals surface area contributed by atoms with Gasteiger partial charge in [0, 0.05) is 10.8 Å². The maximum atomic E-state index is 12.6. The number of ketones is 2. The summed E-state index contributed by atoms with van der Waals surface area (Å²) in [6.45, 7) is 5.51. The fraction of sp³-hybridized carbons (Fsp3) is 0.727. The van der Waals surface area contributed by atoms with Gasteiger partial charge in [-0.05, 0) is 62.5 Å². The number of epoxide rings is 1. The molecule has 27 heavy (non-hydrogen) atoms. The molecule has 3 saturated carbocycles. The van der Waals surface area contributed by atoms with Crippen LogP contribution in [-0.2, 0) is 14.3 Å². The van der Waals surface area contributed by atoms with Crippen molar-refractivity contribution in [2.45, 2.75) is 63.8 Å². The molecule has 0 aromatic rings. The number of rotatable bonds is 2. The van der Waals surface area contributed by atoms with E-state index in [2.05, 4.69) is 6.92 Å². The summed E-state index contributed by atoms with van der Waals surface area (Å²) in [7, 11) is 0. The van der Waals surface area contributed by atoms with Gasteiger partial charge in [0.2, 0.25) is 0 Å². The van der Waals surface area contributed by atoms with Gasteiger partial charge in [-0.15, -0.1) is 0 Å². The van der Waals surface area contributed by atoms with E-state index in [0.717, 1.165) is 24.8 Å². The Balaban J connectivity index is 1.60. The molecule has 4 fully saturated rings. The van der Waals surface area contributed by atoms with Crippen molar-refractivity contribution in [1.82, 2.24) is 0 Å². The Kier molecular flexibility index (Phi) is 3.29. The van der Waals surface area contributed by atoms with Crippen LogP contribution in [0.25, 0.3) is 0 Å². The van der Waals surface area contributed by atoms with Crippen molar-refractivity contribution in [3.8, 4) is 0 Å². The first-order valence-electron chi connectivity index (χ1n) is 10.1. The number of Topliss-reactive ketones (excluding diaryl/α,β-unsaturated/α-hetero) is 1. The molecule has 5 aliphatic rings. The normalized spacial score (nSPS) is 55.1. The number of fused-ring (bicyclic) bond motifs is 3. The van der Waals surface area contributed by atoms with E-state index >= 15 is 0 Å². The van der Waals surface area contributed by atoms with Gasteiger partial charge in [-0.2, -0.15) is 0 Å².